The van der Waals surface area contributed by atoms with Gasteiger partial charge >= 0.3 is 0 Å². The van der Waals surface area contributed by atoms with E-state index in [4.69, 9.17) is 11.6 Å². The maximum atomic E-state index is 12.4. The minimum Gasteiger partial charge on any atom is -0.360 e. The van der Waals surface area contributed by atoms with Gasteiger partial charge in [0.15, 0.2) is 0 Å². The molecule has 0 fully saturated rings. The van der Waals surface area contributed by atoms with Gasteiger partial charge in [0, 0.05) is 29.2 Å². The largest absolute Gasteiger partial charge is 0.360 e. The van der Waals surface area contributed by atoms with Crippen molar-refractivity contribution in [3.05, 3.63) is 93.1 Å². The van der Waals surface area contributed by atoms with Gasteiger partial charge in [-0.3, -0.25) is 14.9 Å². The number of nitrogens with one attached hydrogen (secondary N) is 2. The molecule has 1 heterocycles. The second kappa shape index (κ2) is 9.70. The Morgan fingerprint density at radius 2 is 1.88 bits per heavy atom. The number of hydrogen-bond donors (Lipinski definition) is 2. The minimum atomic E-state index is -0.715. The van der Waals surface area contributed by atoms with Crippen LogP contribution in [0.25, 0.3) is 20.8 Å². The molecule has 0 atom stereocenters. The molecule has 0 spiro atoms. The van der Waals surface area contributed by atoms with Gasteiger partial charge in [0.1, 0.15) is 21.7 Å². The van der Waals surface area contributed by atoms with Crippen molar-refractivity contribution >= 4 is 56.1 Å². The smallest absolute Gasteiger partial charge is 0.289 e. The molecule has 0 saturated heterocycles. The van der Waals surface area contributed by atoms with Gasteiger partial charge < -0.3 is 10.6 Å². The second-order valence-corrected chi connectivity index (χ2v) is 8.70. The van der Waals surface area contributed by atoms with E-state index in [2.05, 4.69) is 21.7 Å². The number of thiazole rings is 1. The van der Waals surface area contributed by atoms with Crippen LogP contribution in [0.4, 0.5) is 17.1 Å². The number of benzene rings is 3. The third kappa shape index (κ3) is 5.04. The lowest BCUT2D eigenvalue weighted by molar-refractivity contribution is -0.384. The number of hydrogen-bond acceptors (Lipinski definition) is 7. The van der Waals surface area contributed by atoms with E-state index in [0.717, 1.165) is 26.9 Å². The van der Waals surface area contributed by atoms with E-state index in [9.17, 15) is 20.2 Å². The lowest BCUT2D eigenvalue weighted by atomic mass is 10.2. The molecule has 4 aromatic rings. The summed E-state index contributed by atoms with van der Waals surface area (Å²) in [6.45, 7) is 2.04. The Morgan fingerprint density at radius 1 is 1.15 bits per heavy atom. The quantitative estimate of drug-likeness (QED) is 0.142. The second-order valence-electron chi connectivity index (χ2n) is 7.26. The van der Waals surface area contributed by atoms with Gasteiger partial charge in [0.25, 0.3) is 11.6 Å². The lowest BCUT2D eigenvalue weighted by Gasteiger charge is -2.06. The topological polar surface area (TPSA) is 121 Å². The number of aromatic nitrogens is 1. The molecule has 0 aliphatic rings. The highest BCUT2D eigenvalue weighted by Crippen LogP contribution is 2.31. The SMILES string of the molecule is Cc1ccc2nc(-c3ccc(N/C=C(/C#N)C(=O)Nc4ccc(Cl)c([N+](=O)[O-])c4)cc3)sc2c1. The van der Waals surface area contributed by atoms with Crippen molar-refractivity contribution in [1.29, 1.82) is 5.26 Å². The highest BCUT2D eigenvalue weighted by molar-refractivity contribution is 7.21. The summed E-state index contributed by atoms with van der Waals surface area (Å²) in [5, 5.41) is 26.6. The number of anilines is 2. The van der Waals surface area contributed by atoms with Crippen molar-refractivity contribution in [2.75, 3.05) is 10.6 Å². The van der Waals surface area contributed by atoms with Crippen molar-refractivity contribution in [2.45, 2.75) is 6.92 Å². The van der Waals surface area contributed by atoms with Crippen LogP contribution in [0.3, 0.4) is 0 Å². The van der Waals surface area contributed by atoms with Gasteiger partial charge in [0.2, 0.25) is 0 Å². The van der Waals surface area contributed by atoms with Crippen LogP contribution in [-0.2, 0) is 4.79 Å². The first-order valence-electron chi connectivity index (χ1n) is 9.94. The van der Waals surface area contributed by atoms with Crippen LogP contribution in [-0.4, -0.2) is 15.8 Å². The van der Waals surface area contributed by atoms with E-state index in [1.807, 2.05) is 49.4 Å². The van der Waals surface area contributed by atoms with Gasteiger partial charge in [-0.05, 0) is 61.0 Å². The molecule has 3 aromatic carbocycles. The van der Waals surface area contributed by atoms with Gasteiger partial charge in [-0.1, -0.05) is 17.7 Å². The van der Waals surface area contributed by atoms with E-state index in [1.54, 1.807) is 11.3 Å². The standard InChI is InChI=1S/C24H16ClN5O3S/c1-14-2-9-20-22(10-14)34-24(29-20)15-3-5-17(6-4-15)27-13-16(12-26)23(31)28-18-7-8-19(25)21(11-18)30(32)33/h2-11,13,27H,1H3,(H,28,31)/b16-13-. The molecule has 2 N–H and O–H groups in total. The number of nitriles is 1. The predicted octanol–water partition coefficient (Wildman–Crippen LogP) is 6.29. The summed E-state index contributed by atoms with van der Waals surface area (Å²) in [5.41, 5.74) is 3.36. The number of rotatable bonds is 6. The zero-order valence-corrected chi connectivity index (χ0v) is 19.3. The number of nitro benzene ring substituents is 1. The Hall–Kier alpha value is -4.26. The van der Waals surface area contributed by atoms with Crippen LogP contribution in [0.15, 0.2) is 72.4 Å². The fraction of sp³-hybridized carbons (Fsp3) is 0.0417. The molecule has 0 aliphatic carbocycles. The van der Waals surface area contributed by atoms with Crippen molar-refractivity contribution in [3.8, 4) is 16.6 Å². The normalized spacial score (nSPS) is 11.1. The fourth-order valence-corrected chi connectivity index (χ4v) is 4.35. The number of fused-ring (bicyclic) bond motifs is 1. The minimum absolute atomic E-state index is 0.0508. The Kier molecular flexibility index (Phi) is 6.54. The van der Waals surface area contributed by atoms with Gasteiger partial charge in [-0.25, -0.2) is 4.98 Å². The summed E-state index contributed by atoms with van der Waals surface area (Å²) in [6.07, 6.45) is 1.27. The van der Waals surface area contributed by atoms with Crippen LogP contribution in [0, 0.1) is 28.4 Å². The van der Waals surface area contributed by atoms with E-state index in [0.29, 0.717) is 5.69 Å². The van der Waals surface area contributed by atoms with Crippen molar-refractivity contribution in [3.63, 3.8) is 0 Å². The molecule has 8 nitrogen and oxygen atoms in total. The number of nitrogens with zero attached hydrogens (tertiary/aromatic N) is 3. The van der Waals surface area contributed by atoms with E-state index >= 15 is 0 Å². The first-order valence-corrected chi connectivity index (χ1v) is 11.1. The van der Waals surface area contributed by atoms with E-state index in [-0.39, 0.29) is 22.0 Å². The van der Waals surface area contributed by atoms with Crippen LogP contribution >= 0.6 is 22.9 Å². The van der Waals surface area contributed by atoms with Gasteiger partial charge in [0.05, 0.1) is 15.1 Å². The maximum Gasteiger partial charge on any atom is 0.289 e. The molecule has 0 radical (unpaired) electrons. The Bertz CT molecular complexity index is 1490. The molecule has 0 aliphatic heterocycles. The highest BCUT2D eigenvalue weighted by Gasteiger charge is 2.15. The molecule has 10 heteroatoms. The zero-order chi connectivity index (χ0) is 24.2. The molecule has 0 bridgehead atoms. The van der Waals surface area contributed by atoms with Crippen molar-refractivity contribution in [2.24, 2.45) is 0 Å². The van der Waals surface area contributed by atoms with E-state index < -0.39 is 10.8 Å². The first-order chi connectivity index (χ1) is 16.3. The number of aryl methyl sites for hydroxylation is 1. The third-order valence-corrected chi connectivity index (χ3v) is 6.21. The Labute approximate surface area is 203 Å². The monoisotopic (exact) mass is 489 g/mol. The summed E-state index contributed by atoms with van der Waals surface area (Å²) in [4.78, 5) is 27.5. The Morgan fingerprint density at radius 3 is 2.59 bits per heavy atom. The van der Waals surface area contributed by atoms with E-state index in [1.165, 1.54) is 23.9 Å². The van der Waals surface area contributed by atoms with Gasteiger partial charge in [-0.2, -0.15) is 5.26 Å². The summed E-state index contributed by atoms with van der Waals surface area (Å²) in [6, 6.07) is 19.2. The Balaban J connectivity index is 1.46. The van der Waals surface area contributed by atoms with Crippen LogP contribution < -0.4 is 10.6 Å². The van der Waals surface area contributed by atoms with Crippen molar-refractivity contribution in [1.82, 2.24) is 4.98 Å². The zero-order valence-electron chi connectivity index (χ0n) is 17.7. The number of amides is 1. The first kappa shape index (κ1) is 22.9. The van der Waals surface area contributed by atoms with Crippen LogP contribution in [0.5, 0.6) is 0 Å². The summed E-state index contributed by atoms with van der Waals surface area (Å²) in [5.74, 6) is -0.715. The molecule has 4 rings (SSSR count). The average Bonchev–Trinajstić information content (AvgIpc) is 3.24. The molecular weight excluding hydrogens is 474 g/mol. The highest BCUT2D eigenvalue weighted by atomic mass is 35.5. The molecule has 0 saturated carbocycles. The lowest BCUT2D eigenvalue weighted by Crippen LogP contribution is -2.14. The van der Waals surface area contributed by atoms with Crippen molar-refractivity contribution < 1.29 is 9.72 Å². The van der Waals surface area contributed by atoms with Gasteiger partial charge in [-0.15, -0.1) is 11.3 Å². The third-order valence-electron chi connectivity index (χ3n) is 4.82. The molecule has 34 heavy (non-hydrogen) atoms. The van der Waals surface area contributed by atoms with Crippen LogP contribution in [0.2, 0.25) is 5.02 Å². The molecule has 1 aromatic heterocycles. The summed E-state index contributed by atoms with van der Waals surface area (Å²) >= 11 is 7.39. The number of carbonyl (C=O) groups is 1. The summed E-state index contributed by atoms with van der Waals surface area (Å²) in [7, 11) is 0. The molecule has 168 valence electrons. The summed E-state index contributed by atoms with van der Waals surface area (Å²) < 4.78 is 1.12. The number of carbonyl (C=O) groups excluding carboxylic acids is 1. The molecular formula is C24H16ClN5O3S. The molecule has 0 unspecified atom stereocenters. The number of nitro groups is 1. The molecule has 1 amide bonds. The number of halogens is 1. The maximum absolute atomic E-state index is 12.4. The predicted molar refractivity (Wildman–Crippen MR) is 134 cm³/mol. The average molecular weight is 490 g/mol. The fourth-order valence-electron chi connectivity index (χ4n) is 3.10. The van der Waals surface area contributed by atoms with Crippen LogP contribution in [0.1, 0.15) is 5.56 Å².